The molecule has 0 aliphatic carbocycles. The molecule has 0 fully saturated rings. The smallest absolute Gasteiger partial charge is 0.407 e. The number of nitrogens with zero attached hydrogens (tertiary/aromatic N) is 2. The Morgan fingerprint density at radius 1 is 1.19 bits per heavy atom. The van der Waals surface area contributed by atoms with Gasteiger partial charge in [0.1, 0.15) is 5.60 Å². The number of methoxy groups -OCH3 is 1. The van der Waals surface area contributed by atoms with Gasteiger partial charge in [0.25, 0.3) is 0 Å². The molecular formula is C20H31N3O4. The molecule has 2 rings (SSSR count). The van der Waals surface area contributed by atoms with Gasteiger partial charge in [-0.25, -0.2) is 9.59 Å². The number of hydrogen-bond acceptors (Lipinski definition) is 5. The second-order valence-electron chi connectivity index (χ2n) is 7.74. The van der Waals surface area contributed by atoms with Crippen molar-refractivity contribution in [1.29, 1.82) is 0 Å². The highest BCUT2D eigenvalue weighted by molar-refractivity contribution is 6.02. The second kappa shape index (κ2) is 9.94. The molecule has 0 atom stereocenters. The Balaban J connectivity index is 0.000000828. The summed E-state index contributed by atoms with van der Waals surface area (Å²) in [5, 5.41) is 7.74. The van der Waals surface area contributed by atoms with Crippen molar-refractivity contribution in [3.05, 3.63) is 30.0 Å². The first-order valence-corrected chi connectivity index (χ1v) is 9.06. The minimum atomic E-state index is -0.554. The van der Waals surface area contributed by atoms with Gasteiger partial charge in [-0.15, -0.1) is 0 Å². The van der Waals surface area contributed by atoms with Gasteiger partial charge < -0.3 is 14.8 Å². The lowest BCUT2D eigenvalue weighted by Gasteiger charge is -2.19. The molecule has 0 aliphatic heterocycles. The van der Waals surface area contributed by atoms with Crippen LogP contribution in [0.2, 0.25) is 0 Å². The number of hydrogen-bond donors (Lipinski definition) is 1. The molecule has 0 bridgehead atoms. The van der Waals surface area contributed by atoms with Crippen LogP contribution in [-0.2, 0) is 16.0 Å². The molecule has 0 aliphatic rings. The summed E-state index contributed by atoms with van der Waals surface area (Å²) in [7, 11) is 1.33. The average Bonchev–Trinajstić information content (AvgIpc) is 2.90. The second-order valence-corrected chi connectivity index (χ2v) is 7.74. The number of esters is 1. The maximum Gasteiger partial charge on any atom is 0.407 e. The van der Waals surface area contributed by atoms with Gasteiger partial charge >= 0.3 is 12.1 Å². The lowest BCUT2D eigenvalue weighted by molar-refractivity contribution is 0.0525. The van der Waals surface area contributed by atoms with Crippen LogP contribution < -0.4 is 5.32 Å². The summed E-state index contributed by atoms with van der Waals surface area (Å²) in [6.45, 7) is 12.5. The minimum Gasteiger partial charge on any atom is -0.464 e. The Labute approximate surface area is 161 Å². The van der Waals surface area contributed by atoms with Crippen LogP contribution in [0.15, 0.2) is 24.3 Å². The molecule has 1 aromatic carbocycles. The highest BCUT2D eigenvalue weighted by Gasteiger charge is 2.19. The van der Waals surface area contributed by atoms with E-state index in [1.54, 1.807) is 20.8 Å². The number of aromatic nitrogens is 2. The van der Waals surface area contributed by atoms with Gasteiger partial charge in [0.2, 0.25) is 0 Å². The van der Waals surface area contributed by atoms with Gasteiger partial charge in [0, 0.05) is 11.9 Å². The number of amides is 1. The van der Waals surface area contributed by atoms with Gasteiger partial charge in [-0.2, -0.15) is 5.10 Å². The van der Waals surface area contributed by atoms with Crippen molar-refractivity contribution in [2.24, 2.45) is 5.92 Å². The van der Waals surface area contributed by atoms with Gasteiger partial charge in [-0.1, -0.05) is 39.0 Å². The van der Waals surface area contributed by atoms with Crippen molar-refractivity contribution in [2.45, 2.75) is 53.7 Å². The minimum absolute atomic E-state index is 0.285. The summed E-state index contributed by atoms with van der Waals surface area (Å²) < 4.78 is 11.5. The maximum absolute atomic E-state index is 12.0. The van der Waals surface area contributed by atoms with E-state index in [2.05, 4.69) is 31.2 Å². The molecule has 1 N–H and O–H groups in total. The van der Waals surface area contributed by atoms with E-state index in [0.717, 1.165) is 11.3 Å². The lowest BCUT2D eigenvalue weighted by Crippen LogP contribution is -2.34. The number of fused-ring (bicyclic) bond motifs is 1. The van der Waals surface area contributed by atoms with E-state index in [1.165, 1.54) is 11.8 Å². The number of nitrogens with one attached hydrogen (secondary N) is 1. The van der Waals surface area contributed by atoms with E-state index in [0.29, 0.717) is 17.8 Å². The van der Waals surface area contributed by atoms with Crippen molar-refractivity contribution in [1.82, 2.24) is 15.1 Å². The van der Waals surface area contributed by atoms with Crippen molar-refractivity contribution < 1.29 is 19.1 Å². The highest BCUT2D eigenvalue weighted by Crippen LogP contribution is 2.18. The summed E-state index contributed by atoms with van der Waals surface area (Å²) in [5.41, 5.74) is 0.515. The van der Waals surface area contributed by atoms with Crippen LogP contribution in [0.3, 0.4) is 0 Å². The van der Waals surface area contributed by atoms with Gasteiger partial charge in [0.05, 0.1) is 19.2 Å². The lowest BCUT2D eigenvalue weighted by atomic mass is 10.2. The number of benzene rings is 1. The van der Waals surface area contributed by atoms with Crippen LogP contribution in [0.4, 0.5) is 4.79 Å². The van der Waals surface area contributed by atoms with E-state index in [9.17, 15) is 9.59 Å². The third-order valence-electron chi connectivity index (χ3n) is 3.02. The molecule has 150 valence electrons. The third kappa shape index (κ3) is 7.68. The molecule has 0 unspecified atom stereocenters. The Hall–Kier alpha value is -2.57. The summed E-state index contributed by atoms with van der Waals surface area (Å²) in [6, 6.07) is 7.31. The van der Waals surface area contributed by atoms with E-state index >= 15 is 0 Å². The van der Waals surface area contributed by atoms with E-state index in [1.807, 2.05) is 24.3 Å². The standard InChI is InChI=1S/C16H21N3O4.C4H10/c1-16(2,3)23-15(21)17-9-10-19-13(14(20)22-4)11-7-5-6-8-12(11)18-19;1-4(2)3/h5-8H,9-10H2,1-4H3,(H,17,21);4H,1-3H3. The Morgan fingerprint density at radius 3 is 2.33 bits per heavy atom. The molecule has 2 aromatic rings. The fourth-order valence-electron chi connectivity index (χ4n) is 2.13. The molecule has 0 radical (unpaired) electrons. The molecule has 1 amide bonds. The first-order chi connectivity index (χ1) is 12.5. The Morgan fingerprint density at radius 2 is 1.78 bits per heavy atom. The molecule has 7 heteroatoms. The van der Waals surface area contributed by atoms with Crippen molar-refractivity contribution in [3.8, 4) is 0 Å². The number of ether oxygens (including phenoxy) is 2. The first kappa shape index (κ1) is 22.5. The zero-order valence-corrected chi connectivity index (χ0v) is 17.3. The van der Waals surface area contributed by atoms with Gasteiger partial charge in [0.15, 0.2) is 5.69 Å². The Bertz CT molecular complexity index is 757. The van der Waals surface area contributed by atoms with Crippen LogP contribution in [0, 0.1) is 5.92 Å². The predicted molar refractivity (Wildman–Crippen MR) is 106 cm³/mol. The number of alkyl carbamates (subject to hydrolysis) is 1. The van der Waals surface area contributed by atoms with Crippen LogP contribution in [0.5, 0.6) is 0 Å². The molecule has 1 heterocycles. The topological polar surface area (TPSA) is 82.5 Å². The molecular weight excluding hydrogens is 346 g/mol. The summed E-state index contributed by atoms with van der Waals surface area (Å²) in [5.74, 6) is 0.371. The quantitative estimate of drug-likeness (QED) is 0.814. The number of rotatable bonds is 4. The third-order valence-corrected chi connectivity index (χ3v) is 3.02. The largest absolute Gasteiger partial charge is 0.464 e. The summed E-state index contributed by atoms with van der Waals surface area (Å²) in [4.78, 5) is 23.6. The molecule has 0 spiro atoms. The van der Waals surface area contributed by atoms with Crippen molar-refractivity contribution in [3.63, 3.8) is 0 Å². The van der Waals surface area contributed by atoms with Crippen molar-refractivity contribution in [2.75, 3.05) is 13.7 Å². The summed E-state index contributed by atoms with van der Waals surface area (Å²) >= 11 is 0. The molecule has 0 saturated carbocycles. The summed E-state index contributed by atoms with van der Waals surface area (Å²) in [6.07, 6.45) is -0.506. The van der Waals surface area contributed by atoms with Gasteiger partial charge in [-0.05, 0) is 32.8 Å². The molecule has 27 heavy (non-hydrogen) atoms. The zero-order chi connectivity index (χ0) is 20.6. The van der Waals surface area contributed by atoms with Crippen LogP contribution >= 0.6 is 0 Å². The van der Waals surface area contributed by atoms with E-state index < -0.39 is 17.7 Å². The maximum atomic E-state index is 12.0. The van der Waals surface area contributed by atoms with E-state index in [4.69, 9.17) is 9.47 Å². The molecule has 0 saturated heterocycles. The van der Waals surface area contributed by atoms with Crippen LogP contribution in [0.25, 0.3) is 10.9 Å². The van der Waals surface area contributed by atoms with Crippen LogP contribution in [-0.4, -0.2) is 41.1 Å². The Kier molecular flexibility index (Phi) is 8.28. The van der Waals surface area contributed by atoms with Gasteiger partial charge in [-0.3, -0.25) is 4.68 Å². The molecule has 7 nitrogen and oxygen atoms in total. The highest BCUT2D eigenvalue weighted by atomic mass is 16.6. The van der Waals surface area contributed by atoms with Crippen LogP contribution in [0.1, 0.15) is 52.0 Å². The SMILES string of the molecule is CC(C)C.COC(=O)c1c2ccccc2nn1CCNC(=O)OC(C)(C)C. The fourth-order valence-corrected chi connectivity index (χ4v) is 2.13. The van der Waals surface area contributed by atoms with Crippen molar-refractivity contribution >= 4 is 23.0 Å². The monoisotopic (exact) mass is 377 g/mol. The zero-order valence-electron chi connectivity index (χ0n) is 17.3. The molecule has 1 aromatic heterocycles. The average molecular weight is 377 g/mol. The first-order valence-electron chi connectivity index (χ1n) is 9.06. The van der Waals surface area contributed by atoms with E-state index in [-0.39, 0.29) is 6.54 Å². The normalized spacial score (nSPS) is 11.0. The predicted octanol–water partition coefficient (Wildman–Crippen LogP) is 4.01. The number of carbonyl (C=O) groups is 2. The fraction of sp³-hybridized carbons (Fsp3) is 0.550. The number of carbonyl (C=O) groups excluding carboxylic acids is 2.